The van der Waals surface area contributed by atoms with Gasteiger partial charge < -0.3 is 14.8 Å². The van der Waals surface area contributed by atoms with Crippen LogP contribution in [0.5, 0.6) is 5.75 Å². The molecule has 0 aliphatic carbocycles. The van der Waals surface area contributed by atoms with Gasteiger partial charge >= 0.3 is 6.09 Å². The quantitative estimate of drug-likeness (QED) is 0.866. The third-order valence-corrected chi connectivity index (χ3v) is 3.47. The molecule has 0 radical (unpaired) electrons. The van der Waals surface area contributed by atoms with E-state index in [1.54, 1.807) is 13.1 Å². The molecule has 1 aromatic carbocycles. The number of ether oxygens (including phenoxy) is 2. The van der Waals surface area contributed by atoms with Gasteiger partial charge in [-0.05, 0) is 32.9 Å². The molecule has 0 saturated heterocycles. The summed E-state index contributed by atoms with van der Waals surface area (Å²) >= 11 is 0. The van der Waals surface area contributed by atoms with Crippen LogP contribution in [0.25, 0.3) is 0 Å². The maximum absolute atomic E-state index is 12.0. The van der Waals surface area contributed by atoms with Crippen LogP contribution in [0.4, 0.5) is 4.79 Å². The zero-order chi connectivity index (χ0) is 17.0. The molecule has 1 atom stereocenters. The van der Waals surface area contributed by atoms with Gasteiger partial charge in [-0.25, -0.2) is 4.79 Å². The number of carbonyl (C=O) groups excluding carboxylic acids is 1. The summed E-state index contributed by atoms with van der Waals surface area (Å²) in [6.07, 6.45) is 2.00. The Kier molecular flexibility index (Phi) is 5.08. The largest absolute Gasteiger partial charge is 0.493 e. The van der Waals surface area contributed by atoms with Gasteiger partial charge in [0.25, 0.3) is 0 Å². The molecule has 2 rings (SSSR count). The van der Waals surface area contributed by atoms with E-state index in [2.05, 4.69) is 16.9 Å². The van der Waals surface area contributed by atoms with Gasteiger partial charge in [0.05, 0.1) is 18.4 Å². The van der Waals surface area contributed by atoms with Crippen molar-refractivity contribution in [3.05, 3.63) is 42.0 Å². The lowest BCUT2D eigenvalue weighted by Crippen LogP contribution is -2.36. The summed E-state index contributed by atoms with van der Waals surface area (Å²) in [5.41, 5.74) is 2.18. The predicted octanol–water partition coefficient (Wildman–Crippen LogP) is 3.64. The van der Waals surface area contributed by atoms with E-state index in [-0.39, 0.29) is 6.04 Å². The number of fused-ring (bicyclic) bond motifs is 1. The van der Waals surface area contributed by atoms with Crippen molar-refractivity contribution in [2.24, 2.45) is 4.99 Å². The number of benzene rings is 1. The van der Waals surface area contributed by atoms with Gasteiger partial charge in [-0.3, -0.25) is 4.99 Å². The molecule has 5 nitrogen and oxygen atoms in total. The first kappa shape index (κ1) is 17.1. The minimum Gasteiger partial charge on any atom is -0.493 e. The van der Waals surface area contributed by atoms with Crippen molar-refractivity contribution in [2.75, 3.05) is 13.7 Å². The Balaban J connectivity index is 2.20. The Morgan fingerprint density at radius 3 is 2.83 bits per heavy atom. The fraction of sp³-hybridized carbons (Fsp3) is 0.444. The molecule has 0 bridgehead atoms. The van der Waals surface area contributed by atoms with Crippen LogP contribution < -0.4 is 10.1 Å². The van der Waals surface area contributed by atoms with E-state index in [0.717, 1.165) is 22.6 Å². The van der Waals surface area contributed by atoms with Gasteiger partial charge in [-0.1, -0.05) is 18.7 Å². The smallest absolute Gasteiger partial charge is 0.408 e. The van der Waals surface area contributed by atoms with Crippen molar-refractivity contribution in [1.82, 2.24) is 5.32 Å². The van der Waals surface area contributed by atoms with Crippen molar-refractivity contribution < 1.29 is 14.3 Å². The molecule has 1 aliphatic rings. The second-order valence-electron chi connectivity index (χ2n) is 6.40. The summed E-state index contributed by atoms with van der Waals surface area (Å²) in [4.78, 5) is 16.2. The maximum Gasteiger partial charge on any atom is 0.408 e. The Morgan fingerprint density at radius 2 is 2.22 bits per heavy atom. The highest BCUT2D eigenvalue weighted by molar-refractivity contribution is 6.08. The lowest BCUT2D eigenvalue weighted by molar-refractivity contribution is 0.0491. The van der Waals surface area contributed by atoms with E-state index >= 15 is 0 Å². The van der Waals surface area contributed by atoms with E-state index in [9.17, 15) is 4.79 Å². The summed E-state index contributed by atoms with van der Waals surface area (Å²) in [7, 11) is 1.73. The van der Waals surface area contributed by atoms with Crippen molar-refractivity contribution in [3.63, 3.8) is 0 Å². The van der Waals surface area contributed by atoms with Gasteiger partial charge in [-0.2, -0.15) is 0 Å². The first-order valence-electron chi connectivity index (χ1n) is 7.70. The zero-order valence-electron chi connectivity index (χ0n) is 14.2. The number of amides is 1. The molecule has 1 N–H and O–H groups in total. The predicted molar refractivity (Wildman–Crippen MR) is 91.3 cm³/mol. The van der Waals surface area contributed by atoms with Crippen molar-refractivity contribution >= 4 is 11.8 Å². The van der Waals surface area contributed by atoms with Crippen LogP contribution in [0, 0.1) is 0 Å². The number of rotatable bonds is 3. The number of nitrogens with zero attached hydrogens (tertiary/aromatic N) is 1. The van der Waals surface area contributed by atoms with Crippen molar-refractivity contribution in [2.45, 2.75) is 38.8 Å². The number of nitrogens with one attached hydrogen (secondary N) is 1. The SMILES string of the molecule is C=CC(=NC)c1ccc2c(c1)OCCC2NC(=O)OC(C)(C)C. The van der Waals surface area contributed by atoms with Gasteiger partial charge in [0, 0.05) is 24.6 Å². The summed E-state index contributed by atoms with van der Waals surface area (Å²) < 4.78 is 11.1. The molecule has 0 spiro atoms. The van der Waals surface area contributed by atoms with Crippen LogP contribution in [-0.2, 0) is 4.74 Å². The van der Waals surface area contributed by atoms with Gasteiger partial charge in [-0.15, -0.1) is 0 Å². The molecule has 1 amide bonds. The second kappa shape index (κ2) is 6.86. The van der Waals surface area contributed by atoms with Crippen molar-refractivity contribution in [1.29, 1.82) is 0 Å². The van der Waals surface area contributed by atoms with E-state index in [1.165, 1.54) is 0 Å². The lowest BCUT2D eigenvalue weighted by Gasteiger charge is -2.28. The molecule has 124 valence electrons. The van der Waals surface area contributed by atoms with Crippen LogP contribution >= 0.6 is 0 Å². The van der Waals surface area contributed by atoms with E-state index < -0.39 is 11.7 Å². The second-order valence-corrected chi connectivity index (χ2v) is 6.40. The number of carbonyl (C=O) groups is 1. The Hall–Kier alpha value is -2.30. The summed E-state index contributed by atoms with van der Waals surface area (Å²) in [5.74, 6) is 0.762. The average Bonchev–Trinajstić information content (AvgIpc) is 2.46. The molecule has 1 aromatic rings. The summed E-state index contributed by atoms with van der Waals surface area (Å²) in [6, 6.07) is 5.73. The normalized spacial score (nSPS) is 17.7. The summed E-state index contributed by atoms with van der Waals surface area (Å²) in [6.45, 7) is 9.84. The molecule has 0 saturated carbocycles. The highest BCUT2D eigenvalue weighted by Crippen LogP contribution is 2.33. The topological polar surface area (TPSA) is 59.9 Å². The number of hydrogen-bond donors (Lipinski definition) is 1. The van der Waals surface area contributed by atoms with Crippen molar-refractivity contribution in [3.8, 4) is 5.75 Å². The minimum absolute atomic E-state index is 0.117. The van der Waals surface area contributed by atoms with Crippen LogP contribution in [0.2, 0.25) is 0 Å². The fourth-order valence-corrected chi connectivity index (χ4v) is 2.49. The minimum atomic E-state index is -0.515. The monoisotopic (exact) mass is 316 g/mol. The number of alkyl carbamates (subject to hydrolysis) is 1. The maximum atomic E-state index is 12.0. The first-order valence-corrected chi connectivity index (χ1v) is 7.70. The number of hydrogen-bond acceptors (Lipinski definition) is 4. The van der Waals surface area contributed by atoms with Crippen LogP contribution in [-0.4, -0.2) is 31.1 Å². The van der Waals surface area contributed by atoms with E-state index in [0.29, 0.717) is 13.0 Å². The Bertz CT molecular complexity index is 630. The molecule has 1 aliphatic heterocycles. The molecule has 23 heavy (non-hydrogen) atoms. The average molecular weight is 316 g/mol. The number of allylic oxidation sites excluding steroid dienone is 1. The third kappa shape index (κ3) is 4.34. The zero-order valence-corrected chi connectivity index (χ0v) is 14.2. The Morgan fingerprint density at radius 1 is 1.48 bits per heavy atom. The molecule has 5 heteroatoms. The van der Waals surface area contributed by atoms with Crippen LogP contribution in [0.3, 0.4) is 0 Å². The first-order chi connectivity index (χ1) is 10.8. The van der Waals surface area contributed by atoms with Gasteiger partial charge in [0.15, 0.2) is 0 Å². The molecular weight excluding hydrogens is 292 g/mol. The third-order valence-electron chi connectivity index (χ3n) is 3.47. The van der Waals surface area contributed by atoms with E-state index in [4.69, 9.17) is 9.47 Å². The molecule has 0 fully saturated rings. The van der Waals surface area contributed by atoms with Gasteiger partial charge in [0.1, 0.15) is 11.4 Å². The Labute approximate surface area is 137 Å². The highest BCUT2D eigenvalue weighted by Gasteiger charge is 2.26. The van der Waals surface area contributed by atoms with Gasteiger partial charge in [0.2, 0.25) is 0 Å². The lowest BCUT2D eigenvalue weighted by atomic mass is 9.97. The molecular formula is C18H24N2O3. The standard InChI is InChI=1S/C18H24N2O3/c1-6-14(19-5)12-7-8-13-15(9-10-22-16(13)11-12)20-17(21)23-18(2,3)4/h6-8,11,15H,1,9-10H2,2-5H3,(H,20,21). The number of aliphatic imine (C=N–C) groups is 1. The highest BCUT2D eigenvalue weighted by atomic mass is 16.6. The molecule has 1 heterocycles. The fourth-order valence-electron chi connectivity index (χ4n) is 2.49. The molecule has 1 unspecified atom stereocenters. The van der Waals surface area contributed by atoms with E-state index in [1.807, 2.05) is 39.0 Å². The van der Waals surface area contributed by atoms with Crippen LogP contribution in [0.15, 0.2) is 35.8 Å². The summed E-state index contributed by atoms with van der Waals surface area (Å²) in [5, 5.41) is 2.92. The van der Waals surface area contributed by atoms with Crippen LogP contribution in [0.1, 0.15) is 44.4 Å². The molecule has 0 aromatic heterocycles.